The summed E-state index contributed by atoms with van der Waals surface area (Å²) in [6.45, 7) is 3.42. The zero-order valence-electron chi connectivity index (χ0n) is 8.10. The predicted molar refractivity (Wildman–Crippen MR) is 49.1 cm³/mol. The molecule has 1 rings (SSSR count). The zero-order chi connectivity index (χ0) is 10.6. The van der Waals surface area contributed by atoms with Crippen molar-refractivity contribution in [3.63, 3.8) is 0 Å². The molecule has 0 aliphatic rings. The van der Waals surface area contributed by atoms with Crippen LogP contribution >= 0.6 is 0 Å². The first kappa shape index (κ1) is 10.4. The van der Waals surface area contributed by atoms with Gasteiger partial charge in [0.25, 0.3) is 0 Å². The van der Waals surface area contributed by atoms with Gasteiger partial charge in [0.05, 0.1) is 0 Å². The quantitative estimate of drug-likeness (QED) is 0.774. The fraction of sp³-hybridized carbons (Fsp3) is 0.444. The molecule has 1 atom stereocenters. The number of hydrogen-bond acceptors (Lipinski definition) is 4. The van der Waals surface area contributed by atoms with Crippen LogP contribution in [-0.4, -0.2) is 27.1 Å². The maximum absolute atomic E-state index is 10.4. The Bertz CT molecular complexity index is 310. The van der Waals surface area contributed by atoms with Gasteiger partial charge in [0.1, 0.15) is 0 Å². The van der Waals surface area contributed by atoms with Crippen molar-refractivity contribution in [3.05, 3.63) is 18.0 Å². The highest BCUT2D eigenvalue weighted by molar-refractivity contribution is 5.72. The Morgan fingerprint density at radius 1 is 1.57 bits per heavy atom. The van der Waals surface area contributed by atoms with Crippen molar-refractivity contribution in [1.82, 2.24) is 9.97 Å². The summed E-state index contributed by atoms with van der Waals surface area (Å²) in [6, 6.07) is 0.0945. The normalized spacial score (nSPS) is 12.1. The highest BCUT2D eigenvalue weighted by atomic mass is 16.5. The summed E-state index contributed by atoms with van der Waals surface area (Å²) < 4.78 is 4.95. The van der Waals surface area contributed by atoms with Crippen LogP contribution in [0.5, 0.6) is 6.01 Å². The third kappa shape index (κ3) is 2.69. The van der Waals surface area contributed by atoms with Crippen molar-refractivity contribution in [2.75, 3.05) is 0 Å². The number of rotatable bonds is 4. The number of ether oxygens (including phenoxy) is 1. The third-order valence-corrected chi connectivity index (χ3v) is 1.72. The largest absolute Gasteiger partial charge is 0.479 e. The number of carboxylic acid groups (broad SMARTS) is 1. The minimum Gasteiger partial charge on any atom is -0.479 e. The van der Waals surface area contributed by atoms with E-state index in [2.05, 4.69) is 9.97 Å². The highest BCUT2D eigenvalue weighted by Crippen LogP contribution is 2.05. The lowest BCUT2D eigenvalue weighted by molar-refractivity contribution is -0.144. The molecule has 0 amide bonds. The van der Waals surface area contributed by atoms with Crippen LogP contribution in [0.4, 0.5) is 0 Å². The van der Waals surface area contributed by atoms with Crippen LogP contribution in [0.1, 0.15) is 19.4 Å². The van der Waals surface area contributed by atoms with Crippen LogP contribution in [0.2, 0.25) is 0 Å². The van der Waals surface area contributed by atoms with Crippen molar-refractivity contribution in [2.24, 2.45) is 0 Å². The molecular weight excluding hydrogens is 184 g/mol. The Morgan fingerprint density at radius 2 is 2.14 bits per heavy atom. The lowest BCUT2D eigenvalue weighted by Gasteiger charge is -2.07. The summed E-state index contributed by atoms with van der Waals surface area (Å²) in [5.74, 6) is -1.03. The van der Waals surface area contributed by atoms with E-state index in [1.165, 1.54) is 6.92 Å². The van der Waals surface area contributed by atoms with Crippen molar-refractivity contribution in [1.29, 1.82) is 0 Å². The molecule has 0 fully saturated rings. The second-order valence-corrected chi connectivity index (χ2v) is 2.83. The van der Waals surface area contributed by atoms with Gasteiger partial charge in [-0.25, -0.2) is 14.8 Å². The number of carboxylic acids is 1. The van der Waals surface area contributed by atoms with E-state index < -0.39 is 12.1 Å². The predicted octanol–water partition coefficient (Wildman–Crippen LogP) is 0.891. The fourth-order valence-corrected chi connectivity index (χ4v) is 0.795. The van der Waals surface area contributed by atoms with E-state index in [1.54, 1.807) is 12.4 Å². The van der Waals surface area contributed by atoms with E-state index in [0.717, 1.165) is 12.0 Å². The summed E-state index contributed by atoms with van der Waals surface area (Å²) in [4.78, 5) is 18.2. The molecule has 1 heterocycles. The monoisotopic (exact) mass is 196 g/mol. The average Bonchev–Trinajstić information content (AvgIpc) is 2.19. The van der Waals surface area contributed by atoms with Gasteiger partial charge in [0.15, 0.2) is 6.10 Å². The maximum atomic E-state index is 10.4. The molecule has 0 aliphatic heterocycles. The summed E-state index contributed by atoms with van der Waals surface area (Å²) in [6.07, 6.45) is 3.16. The first-order valence-corrected chi connectivity index (χ1v) is 4.34. The first-order valence-electron chi connectivity index (χ1n) is 4.34. The van der Waals surface area contributed by atoms with Crippen LogP contribution < -0.4 is 4.74 Å². The molecule has 0 aliphatic carbocycles. The number of aryl methyl sites for hydroxylation is 1. The van der Waals surface area contributed by atoms with Crippen LogP contribution in [0.3, 0.4) is 0 Å². The summed E-state index contributed by atoms with van der Waals surface area (Å²) in [5.41, 5.74) is 0.986. The number of aromatic nitrogens is 2. The maximum Gasteiger partial charge on any atom is 0.344 e. The molecule has 5 heteroatoms. The van der Waals surface area contributed by atoms with E-state index in [9.17, 15) is 4.79 Å². The van der Waals surface area contributed by atoms with Crippen LogP contribution in [0, 0.1) is 0 Å². The first-order chi connectivity index (χ1) is 6.63. The van der Waals surface area contributed by atoms with Gasteiger partial charge in [-0.2, -0.15) is 0 Å². The van der Waals surface area contributed by atoms with E-state index in [0.29, 0.717) is 0 Å². The second-order valence-electron chi connectivity index (χ2n) is 2.83. The molecule has 76 valence electrons. The van der Waals surface area contributed by atoms with Crippen molar-refractivity contribution in [2.45, 2.75) is 26.4 Å². The number of carbonyl (C=O) groups is 1. The average molecular weight is 196 g/mol. The van der Waals surface area contributed by atoms with Gasteiger partial charge in [-0.15, -0.1) is 0 Å². The van der Waals surface area contributed by atoms with Crippen LogP contribution in [0.25, 0.3) is 0 Å². The smallest absolute Gasteiger partial charge is 0.344 e. The molecule has 0 saturated heterocycles. The van der Waals surface area contributed by atoms with E-state index >= 15 is 0 Å². The van der Waals surface area contributed by atoms with Gasteiger partial charge < -0.3 is 9.84 Å². The van der Waals surface area contributed by atoms with Gasteiger partial charge in [-0.1, -0.05) is 6.92 Å². The van der Waals surface area contributed by atoms with Gasteiger partial charge in [0.2, 0.25) is 0 Å². The Morgan fingerprint density at radius 3 is 2.57 bits per heavy atom. The number of nitrogens with zero attached hydrogens (tertiary/aromatic N) is 2. The Labute approximate surface area is 81.8 Å². The highest BCUT2D eigenvalue weighted by Gasteiger charge is 2.13. The third-order valence-electron chi connectivity index (χ3n) is 1.72. The Balaban J connectivity index is 2.64. The number of hydrogen-bond donors (Lipinski definition) is 1. The summed E-state index contributed by atoms with van der Waals surface area (Å²) in [7, 11) is 0. The van der Waals surface area contributed by atoms with Gasteiger partial charge in [0, 0.05) is 12.4 Å². The molecule has 0 spiro atoms. The number of aliphatic carboxylic acids is 1. The van der Waals surface area contributed by atoms with Crippen molar-refractivity contribution in [3.8, 4) is 6.01 Å². The SMILES string of the molecule is CCc1cnc(OC(C)C(=O)O)nc1. The topological polar surface area (TPSA) is 72.3 Å². The summed E-state index contributed by atoms with van der Waals surface area (Å²) in [5, 5.41) is 8.56. The minimum absolute atomic E-state index is 0.0945. The molecule has 1 N–H and O–H groups in total. The molecule has 5 nitrogen and oxygen atoms in total. The van der Waals surface area contributed by atoms with Crippen molar-refractivity contribution >= 4 is 5.97 Å². The van der Waals surface area contributed by atoms with Crippen molar-refractivity contribution < 1.29 is 14.6 Å². The lowest BCUT2D eigenvalue weighted by Crippen LogP contribution is -2.23. The fourth-order valence-electron chi connectivity index (χ4n) is 0.795. The molecule has 1 unspecified atom stereocenters. The molecule has 1 aromatic rings. The van der Waals surface area contributed by atoms with Gasteiger partial charge in [-0.05, 0) is 18.9 Å². The molecule has 14 heavy (non-hydrogen) atoms. The lowest BCUT2D eigenvalue weighted by atomic mass is 10.3. The Hall–Kier alpha value is -1.65. The van der Waals surface area contributed by atoms with Gasteiger partial charge in [-0.3, -0.25) is 0 Å². The molecule has 0 bridgehead atoms. The van der Waals surface area contributed by atoms with Gasteiger partial charge >= 0.3 is 12.0 Å². The summed E-state index contributed by atoms with van der Waals surface area (Å²) >= 11 is 0. The minimum atomic E-state index is -1.03. The van der Waals surface area contributed by atoms with Crippen LogP contribution in [-0.2, 0) is 11.2 Å². The van der Waals surface area contributed by atoms with E-state index in [-0.39, 0.29) is 6.01 Å². The zero-order valence-corrected chi connectivity index (χ0v) is 8.10. The van der Waals surface area contributed by atoms with E-state index in [4.69, 9.17) is 9.84 Å². The standard InChI is InChI=1S/C9H12N2O3/c1-3-7-4-10-9(11-5-7)14-6(2)8(12)13/h4-6H,3H2,1-2H3,(H,12,13). The molecule has 1 aromatic heterocycles. The molecule has 0 aromatic carbocycles. The van der Waals surface area contributed by atoms with Crippen LogP contribution in [0.15, 0.2) is 12.4 Å². The molecular formula is C9H12N2O3. The molecule has 0 saturated carbocycles. The molecule has 0 radical (unpaired) electrons. The Kier molecular flexibility index (Phi) is 3.39. The van der Waals surface area contributed by atoms with E-state index in [1.807, 2.05) is 6.92 Å². The second kappa shape index (κ2) is 4.55.